The molecule has 1 atom stereocenters. The zero-order valence-corrected chi connectivity index (χ0v) is 16.5. The third-order valence-corrected chi connectivity index (χ3v) is 4.92. The summed E-state index contributed by atoms with van der Waals surface area (Å²) in [5.41, 5.74) is 2.49. The number of carbonyl (C=O) groups excluding carboxylic acids is 1. The van der Waals surface area contributed by atoms with Gasteiger partial charge in [0.25, 0.3) is 0 Å². The molecule has 1 heterocycles. The van der Waals surface area contributed by atoms with Crippen molar-refractivity contribution in [2.45, 2.75) is 33.0 Å². The van der Waals surface area contributed by atoms with Gasteiger partial charge in [-0.25, -0.2) is 0 Å². The van der Waals surface area contributed by atoms with Crippen LogP contribution in [-0.2, 0) is 17.9 Å². The molecule has 1 aromatic rings. The standard InChI is InChI=1S/C20H34N4O/c1-16(2)19(22(3)4)20(25)21-14-17-7-6-8-18(13-17)15-24-11-9-23(5)10-12-24/h6-8,13,16,19H,9-12,14-15H2,1-5H3,(H,21,25). The van der Waals surface area contributed by atoms with Crippen molar-refractivity contribution in [3.05, 3.63) is 35.4 Å². The summed E-state index contributed by atoms with van der Waals surface area (Å²) in [5, 5.41) is 3.10. The lowest BCUT2D eigenvalue weighted by atomic mass is 10.0. The van der Waals surface area contributed by atoms with E-state index in [1.54, 1.807) is 0 Å². The number of benzene rings is 1. The van der Waals surface area contributed by atoms with Gasteiger partial charge in [-0.1, -0.05) is 38.1 Å². The molecule has 0 spiro atoms. The highest BCUT2D eigenvalue weighted by Crippen LogP contribution is 2.12. The Hall–Kier alpha value is -1.43. The van der Waals surface area contributed by atoms with Crippen molar-refractivity contribution in [1.29, 1.82) is 0 Å². The average molecular weight is 347 g/mol. The molecule has 0 bridgehead atoms. The van der Waals surface area contributed by atoms with Crippen LogP contribution in [0.1, 0.15) is 25.0 Å². The minimum Gasteiger partial charge on any atom is -0.351 e. The molecule has 0 saturated carbocycles. The molecule has 1 unspecified atom stereocenters. The van der Waals surface area contributed by atoms with Gasteiger partial charge in [-0.05, 0) is 38.2 Å². The van der Waals surface area contributed by atoms with Gasteiger partial charge in [0, 0.05) is 39.3 Å². The maximum Gasteiger partial charge on any atom is 0.237 e. The van der Waals surface area contributed by atoms with Crippen molar-refractivity contribution in [3.63, 3.8) is 0 Å². The van der Waals surface area contributed by atoms with Crippen LogP contribution in [0.3, 0.4) is 0 Å². The first-order valence-electron chi connectivity index (χ1n) is 9.29. The molecule has 5 heteroatoms. The molecule has 1 aromatic carbocycles. The third kappa shape index (κ3) is 6.10. The summed E-state index contributed by atoms with van der Waals surface area (Å²) >= 11 is 0. The third-order valence-electron chi connectivity index (χ3n) is 4.92. The smallest absolute Gasteiger partial charge is 0.237 e. The molecule has 5 nitrogen and oxygen atoms in total. The van der Waals surface area contributed by atoms with Gasteiger partial charge in [-0.3, -0.25) is 14.6 Å². The lowest BCUT2D eigenvalue weighted by Crippen LogP contribution is -2.46. The first-order valence-corrected chi connectivity index (χ1v) is 9.29. The molecule has 1 N–H and O–H groups in total. The monoisotopic (exact) mass is 346 g/mol. The number of hydrogen-bond donors (Lipinski definition) is 1. The summed E-state index contributed by atoms with van der Waals surface area (Å²) in [6, 6.07) is 8.50. The summed E-state index contributed by atoms with van der Waals surface area (Å²) in [5.74, 6) is 0.392. The molecular weight excluding hydrogens is 312 g/mol. The minimum absolute atomic E-state index is 0.0893. The maximum absolute atomic E-state index is 12.5. The lowest BCUT2D eigenvalue weighted by molar-refractivity contribution is -0.127. The topological polar surface area (TPSA) is 38.8 Å². The molecule has 1 amide bonds. The largest absolute Gasteiger partial charge is 0.351 e. The van der Waals surface area contributed by atoms with Gasteiger partial charge in [0.15, 0.2) is 0 Å². The Labute approximate surface area is 153 Å². The molecule has 2 rings (SSSR count). The van der Waals surface area contributed by atoms with Crippen molar-refractivity contribution in [2.75, 3.05) is 47.3 Å². The number of carbonyl (C=O) groups is 1. The Kier molecular flexibility index (Phi) is 7.41. The minimum atomic E-state index is -0.0893. The summed E-state index contributed by atoms with van der Waals surface area (Å²) in [6.45, 7) is 10.3. The molecular formula is C20H34N4O. The molecule has 1 fully saturated rings. The van der Waals surface area contributed by atoms with Crippen LogP contribution in [0.5, 0.6) is 0 Å². The highest BCUT2D eigenvalue weighted by Gasteiger charge is 2.23. The van der Waals surface area contributed by atoms with Crippen molar-refractivity contribution in [2.24, 2.45) is 5.92 Å². The van der Waals surface area contributed by atoms with Gasteiger partial charge in [0.1, 0.15) is 0 Å². The van der Waals surface area contributed by atoms with Crippen molar-refractivity contribution >= 4 is 5.91 Å². The van der Waals surface area contributed by atoms with E-state index in [2.05, 4.69) is 60.3 Å². The van der Waals surface area contributed by atoms with E-state index in [9.17, 15) is 4.79 Å². The Bertz CT molecular complexity index is 542. The number of rotatable bonds is 7. The van der Waals surface area contributed by atoms with E-state index < -0.39 is 0 Å². The zero-order valence-electron chi connectivity index (χ0n) is 16.5. The van der Waals surface area contributed by atoms with E-state index in [1.165, 1.54) is 11.1 Å². The highest BCUT2D eigenvalue weighted by molar-refractivity contribution is 5.81. The Morgan fingerprint density at radius 2 is 1.80 bits per heavy atom. The van der Waals surface area contributed by atoms with E-state index in [1.807, 2.05) is 19.0 Å². The number of likely N-dealkylation sites (N-methyl/N-ethyl adjacent to an activating group) is 2. The predicted molar refractivity (Wildman–Crippen MR) is 103 cm³/mol. The van der Waals surface area contributed by atoms with Gasteiger partial charge < -0.3 is 10.2 Å². The number of nitrogens with one attached hydrogen (secondary N) is 1. The Balaban J connectivity index is 1.89. The fourth-order valence-electron chi connectivity index (χ4n) is 3.53. The van der Waals surface area contributed by atoms with Crippen molar-refractivity contribution < 1.29 is 4.79 Å². The normalized spacial score (nSPS) is 17.9. The Morgan fingerprint density at radius 3 is 2.40 bits per heavy atom. The van der Waals surface area contributed by atoms with Gasteiger partial charge in [-0.2, -0.15) is 0 Å². The van der Waals surface area contributed by atoms with Gasteiger partial charge in [0.2, 0.25) is 5.91 Å². The van der Waals surface area contributed by atoms with E-state index in [0.29, 0.717) is 12.5 Å². The van der Waals surface area contributed by atoms with Crippen LogP contribution in [0.4, 0.5) is 0 Å². The van der Waals surface area contributed by atoms with Crippen molar-refractivity contribution in [1.82, 2.24) is 20.0 Å². The number of piperazine rings is 1. The summed E-state index contributed by atoms with van der Waals surface area (Å²) in [7, 11) is 6.10. The molecule has 25 heavy (non-hydrogen) atoms. The Morgan fingerprint density at radius 1 is 1.16 bits per heavy atom. The molecule has 0 aromatic heterocycles. The van der Waals surface area contributed by atoms with Crippen LogP contribution in [-0.4, -0.2) is 74.0 Å². The molecule has 0 radical (unpaired) electrons. The quantitative estimate of drug-likeness (QED) is 0.815. The van der Waals surface area contributed by atoms with E-state index in [-0.39, 0.29) is 11.9 Å². The molecule has 1 aliphatic heterocycles. The van der Waals surface area contributed by atoms with Crippen LogP contribution in [0.25, 0.3) is 0 Å². The van der Waals surface area contributed by atoms with Crippen LogP contribution in [0.2, 0.25) is 0 Å². The lowest BCUT2D eigenvalue weighted by Gasteiger charge is -2.32. The SMILES string of the molecule is CC(C)C(C(=O)NCc1cccc(CN2CCN(C)CC2)c1)N(C)C. The van der Waals surface area contributed by atoms with Crippen LogP contribution in [0, 0.1) is 5.92 Å². The summed E-state index contributed by atoms with van der Waals surface area (Å²) < 4.78 is 0. The van der Waals surface area contributed by atoms with E-state index >= 15 is 0 Å². The van der Waals surface area contributed by atoms with Crippen LogP contribution < -0.4 is 5.32 Å². The number of amides is 1. The average Bonchev–Trinajstić information content (AvgIpc) is 2.55. The first kappa shape index (κ1) is 19.9. The van der Waals surface area contributed by atoms with Gasteiger partial charge >= 0.3 is 0 Å². The predicted octanol–water partition coefficient (Wildman–Crippen LogP) is 1.64. The molecule has 1 saturated heterocycles. The second-order valence-electron chi connectivity index (χ2n) is 7.77. The summed E-state index contributed by atoms with van der Waals surface area (Å²) in [4.78, 5) is 19.3. The maximum atomic E-state index is 12.5. The second-order valence-corrected chi connectivity index (χ2v) is 7.77. The summed E-state index contributed by atoms with van der Waals surface area (Å²) in [6.07, 6.45) is 0. The van der Waals surface area contributed by atoms with Crippen molar-refractivity contribution in [3.8, 4) is 0 Å². The van der Waals surface area contributed by atoms with E-state index in [0.717, 1.165) is 32.7 Å². The van der Waals surface area contributed by atoms with Gasteiger partial charge in [0.05, 0.1) is 6.04 Å². The van der Waals surface area contributed by atoms with Crippen LogP contribution >= 0.6 is 0 Å². The number of nitrogens with zero attached hydrogens (tertiary/aromatic N) is 3. The number of hydrogen-bond acceptors (Lipinski definition) is 4. The van der Waals surface area contributed by atoms with Crippen LogP contribution in [0.15, 0.2) is 24.3 Å². The fraction of sp³-hybridized carbons (Fsp3) is 0.650. The molecule has 1 aliphatic rings. The second kappa shape index (κ2) is 9.32. The highest BCUT2D eigenvalue weighted by atomic mass is 16.2. The molecule has 0 aliphatic carbocycles. The van der Waals surface area contributed by atoms with Gasteiger partial charge in [-0.15, -0.1) is 0 Å². The first-order chi connectivity index (χ1) is 11.9. The zero-order chi connectivity index (χ0) is 18.4. The molecule has 140 valence electrons. The fourth-order valence-corrected chi connectivity index (χ4v) is 3.53. The van der Waals surface area contributed by atoms with E-state index in [4.69, 9.17) is 0 Å².